The Labute approximate surface area is 219 Å². The van der Waals surface area contributed by atoms with Crippen molar-refractivity contribution in [3.8, 4) is 11.1 Å². The fourth-order valence-electron chi connectivity index (χ4n) is 4.59. The van der Waals surface area contributed by atoms with Crippen LogP contribution in [0.3, 0.4) is 0 Å². The lowest BCUT2D eigenvalue weighted by atomic mass is 10.0. The van der Waals surface area contributed by atoms with E-state index in [0.29, 0.717) is 12.6 Å². The van der Waals surface area contributed by atoms with E-state index in [-0.39, 0.29) is 55.4 Å². The Morgan fingerprint density at radius 2 is 1.90 bits per heavy atom. The van der Waals surface area contributed by atoms with Gasteiger partial charge in [-0.1, -0.05) is 0 Å². The second-order valence-corrected chi connectivity index (χ2v) is 11.6. The molecule has 0 amide bonds. The lowest BCUT2D eigenvalue weighted by molar-refractivity contribution is 0.254. The molecule has 2 atom stereocenters. The Morgan fingerprint density at radius 3 is 2.56 bits per heavy atom. The van der Waals surface area contributed by atoms with E-state index in [4.69, 9.17) is 0 Å². The molecule has 1 saturated heterocycles. The van der Waals surface area contributed by atoms with Crippen molar-refractivity contribution in [2.45, 2.75) is 50.6 Å². The number of sulfonamides is 1. The summed E-state index contributed by atoms with van der Waals surface area (Å²) in [4.78, 5) is 21.8. The predicted molar refractivity (Wildman–Crippen MR) is 135 cm³/mol. The number of rotatable bonds is 8. The summed E-state index contributed by atoms with van der Waals surface area (Å²) in [5.41, 5.74) is -5.07. The van der Waals surface area contributed by atoms with Gasteiger partial charge >= 0.3 is 0 Å². The second kappa shape index (κ2) is 10.0. The monoisotopic (exact) mass is 572 g/mol. The number of alkyl halides is 2. The number of anilines is 2. The van der Waals surface area contributed by atoms with E-state index in [0.717, 1.165) is 4.57 Å². The molecular formula is C24H25F5N6O3S. The summed E-state index contributed by atoms with van der Waals surface area (Å²) in [5.74, 6) is -5.90. The number of halogens is 5. The van der Waals surface area contributed by atoms with Gasteiger partial charge in [0.1, 0.15) is 28.9 Å². The van der Waals surface area contributed by atoms with Gasteiger partial charge in [-0.05, 0) is 31.9 Å². The van der Waals surface area contributed by atoms with Crippen LogP contribution < -0.4 is 20.9 Å². The van der Waals surface area contributed by atoms with Crippen LogP contribution in [-0.4, -0.2) is 59.7 Å². The van der Waals surface area contributed by atoms with E-state index >= 15 is 4.39 Å². The summed E-state index contributed by atoms with van der Waals surface area (Å²) in [5, 5.41) is 6.21. The van der Waals surface area contributed by atoms with Crippen molar-refractivity contribution in [3.05, 3.63) is 46.1 Å². The zero-order valence-corrected chi connectivity index (χ0v) is 21.5. The highest BCUT2D eigenvalue weighted by molar-refractivity contribution is 7.92. The van der Waals surface area contributed by atoms with Crippen LogP contribution >= 0.6 is 0 Å². The average molecular weight is 573 g/mol. The Balaban J connectivity index is 1.51. The highest BCUT2D eigenvalue weighted by Crippen LogP contribution is 2.41. The first kappa shape index (κ1) is 27.2. The van der Waals surface area contributed by atoms with Gasteiger partial charge in [-0.3, -0.25) is 14.1 Å². The zero-order valence-electron chi connectivity index (χ0n) is 20.7. The van der Waals surface area contributed by atoms with Gasteiger partial charge in [0.2, 0.25) is 16.0 Å². The molecule has 0 spiro atoms. The van der Waals surface area contributed by atoms with Gasteiger partial charge in [-0.2, -0.15) is 4.98 Å². The third-order valence-corrected chi connectivity index (χ3v) is 8.13. The minimum absolute atomic E-state index is 0.00497. The summed E-state index contributed by atoms with van der Waals surface area (Å²) in [7, 11) is -4.52. The van der Waals surface area contributed by atoms with Crippen molar-refractivity contribution in [2.24, 2.45) is 0 Å². The van der Waals surface area contributed by atoms with Gasteiger partial charge in [0.05, 0.1) is 5.56 Å². The molecule has 5 rings (SSSR count). The molecule has 39 heavy (non-hydrogen) atoms. The number of hydrogen-bond donors (Lipinski definition) is 3. The summed E-state index contributed by atoms with van der Waals surface area (Å²) in [6.07, 6.45) is 0.527. The maximum atomic E-state index is 15.1. The molecule has 1 saturated carbocycles. The maximum Gasteiger partial charge on any atom is 0.260 e. The number of benzene rings is 1. The summed E-state index contributed by atoms with van der Waals surface area (Å²) in [6, 6.07) is 1.39. The van der Waals surface area contributed by atoms with E-state index in [9.17, 15) is 30.8 Å². The van der Waals surface area contributed by atoms with Crippen molar-refractivity contribution in [1.82, 2.24) is 19.9 Å². The van der Waals surface area contributed by atoms with E-state index in [1.54, 1.807) is 11.6 Å². The topological polar surface area (TPSA) is 118 Å². The first-order valence-electron chi connectivity index (χ1n) is 12.3. The molecule has 1 aliphatic carbocycles. The van der Waals surface area contributed by atoms with Crippen molar-refractivity contribution in [2.75, 3.05) is 28.9 Å². The minimum Gasteiger partial charge on any atom is -0.350 e. The number of hydrogen-bond acceptors (Lipinski definition) is 7. The van der Waals surface area contributed by atoms with Crippen molar-refractivity contribution in [3.63, 3.8) is 0 Å². The normalized spacial score (nSPS) is 20.7. The van der Waals surface area contributed by atoms with Crippen LogP contribution in [0.2, 0.25) is 0 Å². The molecule has 2 aliphatic rings. The smallest absolute Gasteiger partial charge is 0.260 e. The van der Waals surface area contributed by atoms with Crippen LogP contribution in [-0.2, 0) is 16.6 Å². The molecule has 2 fully saturated rings. The lowest BCUT2D eigenvalue weighted by Gasteiger charge is -2.26. The third kappa shape index (κ3) is 5.55. The van der Waals surface area contributed by atoms with Gasteiger partial charge in [-0.25, -0.2) is 35.4 Å². The van der Waals surface area contributed by atoms with E-state index in [2.05, 4.69) is 20.6 Å². The Morgan fingerprint density at radius 1 is 1.15 bits per heavy atom. The van der Waals surface area contributed by atoms with E-state index in [1.165, 1.54) is 12.3 Å². The maximum absolute atomic E-state index is 15.1. The van der Waals surface area contributed by atoms with Gasteiger partial charge in [0.25, 0.3) is 5.56 Å². The first-order valence-corrected chi connectivity index (χ1v) is 13.9. The molecule has 15 heteroatoms. The van der Waals surface area contributed by atoms with Gasteiger partial charge in [-0.15, -0.1) is 0 Å². The molecule has 1 aliphatic heterocycles. The average Bonchev–Trinajstić information content (AvgIpc) is 3.59. The Bertz CT molecular complexity index is 1610. The van der Waals surface area contributed by atoms with Crippen LogP contribution in [0.25, 0.3) is 22.2 Å². The van der Waals surface area contributed by atoms with Crippen LogP contribution in [0.1, 0.15) is 26.2 Å². The van der Waals surface area contributed by atoms with Crippen LogP contribution in [0.15, 0.2) is 23.1 Å². The van der Waals surface area contributed by atoms with Gasteiger partial charge < -0.3 is 10.6 Å². The van der Waals surface area contributed by atoms with Crippen LogP contribution in [0, 0.1) is 17.5 Å². The number of nitrogens with zero attached hydrogens (tertiary/aromatic N) is 3. The van der Waals surface area contributed by atoms with Gasteiger partial charge in [0, 0.05) is 49.2 Å². The second-order valence-electron chi connectivity index (χ2n) is 9.83. The number of pyridine rings is 1. The number of fused-ring (bicyclic) bond motifs is 1. The zero-order chi connectivity index (χ0) is 28.1. The van der Waals surface area contributed by atoms with Crippen LogP contribution in [0.5, 0.6) is 0 Å². The fourth-order valence-corrected chi connectivity index (χ4v) is 6.13. The highest BCUT2D eigenvalue weighted by Gasteiger charge is 2.47. The standard InChI is InChI=1S/C24H25F5N6O3S/c1-2-35-21-12(8-31-23(33-21)32-14-6-13(25)9-30-10-14)5-16(22(35)36)15-7-17(26)20(19(28)18(15)27)34-39(37,38)11-24(29)3-4-24/h5,7-8,13-14,30,34H,2-4,6,9-11H2,1H3,(H,31,32,33)/t13-,14-/m0/s1. The quantitative estimate of drug-likeness (QED) is 0.280. The number of nitrogens with one attached hydrogen (secondary N) is 3. The van der Waals surface area contributed by atoms with E-state index < -0.39 is 67.4 Å². The summed E-state index contributed by atoms with van der Waals surface area (Å²) >= 11 is 0. The minimum atomic E-state index is -4.52. The summed E-state index contributed by atoms with van der Waals surface area (Å²) < 4.78 is 99.7. The van der Waals surface area contributed by atoms with E-state index in [1.807, 2.05) is 0 Å². The fraction of sp³-hybridized carbons (Fsp3) is 0.458. The molecule has 2 aromatic heterocycles. The largest absolute Gasteiger partial charge is 0.350 e. The Hall–Kier alpha value is -3.33. The number of aryl methyl sites for hydroxylation is 1. The Kier molecular flexibility index (Phi) is 6.99. The molecule has 1 aromatic carbocycles. The molecule has 9 nitrogen and oxygen atoms in total. The molecule has 3 aromatic rings. The van der Waals surface area contributed by atoms with Crippen molar-refractivity contribution >= 4 is 32.7 Å². The van der Waals surface area contributed by atoms with Gasteiger partial charge in [0.15, 0.2) is 17.5 Å². The number of piperidine rings is 1. The van der Waals surface area contributed by atoms with Crippen molar-refractivity contribution < 1.29 is 30.4 Å². The SMILES string of the molecule is CCn1c(=O)c(-c2cc(F)c(NS(=O)(=O)CC3(F)CC3)c(F)c2F)cc2cnc(N[C@@H]3CNC[C@@H](F)C3)nc21. The van der Waals surface area contributed by atoms with Crippen LogP contribution in [0.4, 0.5) is 33.6 Å². The molecule has 3 N–H and O–H groups in total. The molecular weight excluding hydrogens is 547 g/mol. The summed E-state index contributed by atoms with van der Waals surface area (Å²) in [6.45, 7) is 2.41. The molecule has 0 bridgehead atoms. The number of aromatic nitrogens is 3. The third-order valence-electron chi connectivity index (χ3n) is 6.72. The molecule has 0 radical (unpaired) electrons. The van der Waals surface area contributed by atoms with Crippen molar-refractivity contribution in [1.29, 1.82) is 0 Å². The molecule has 0 unspecified atom stereocenters. The first-order chi connectivity index (χ1) is 18.4. The lowest BCUT2D eigenvalue weighted by Crippen LogP contribution is -2.44. The highest BCUT2D eigenvalue weighted by atomic mass is 32.2. The molecule has 210 valence electrons. The predicted octanol–water partition coefficient (Wildman–Crippen LogP) is 3.25. The molecule has 3 heterocycles.